The molecule has 1 aromatic carbocycles. The molecule has 0 radical (unpaired) electrons. The van der Waals surface area contributed by atoms with Crippen LogP contribution in [0.25, 0.3) is 0 Å². The Morgan fingerprint density at radius 2 is 2.05 bits per heavy atom. The van der Waals surface area contributed by atoms with E-state index in [-0.39, 0.29) is 17.2 Å². The highest BCUT2D eigenvalue weighted by Gasteiger charge is 2.21. The minimum atomic E-state index is -3.79. The fraction of sp³-hybridized carbons (Fsp3) is 0.455. The van der Waals surface area contributed by atoms with Crippen molar-refractivity contribution in [2.24, 2.45) is 0 Å². The van der Waals surface area contributed by atoms with Gasteiger partial charge in [0.2, 0.25) is 10.0 Å². The van der Waals surface area contributed by atoms with E-state index in [1.165, 1.54) is 26.4 Å². The highest BCUT2D eigenvalue weighted by molar-refractivity contribution is 7.89. The molecule has 0 fully saturated rings. The lowest BCUT2D eigenvalue weighted by Crippen LogP contribution is -2.25. The maximum atomic E-state index is 12.0. The van der Waals surface area contributed by atoms with Crippen molar-refractivity contribution >= 4 is 15.7 Å². The second kappa shape index (κ2) is 7.17. The lowest BCUT2D eigenvalue weighted by molar-refractivity contribution is -0.386. The van der Waals surface area contributed by atoms with Crippen molar-refractivity contribution in [2.75, 3.05) is 27.4 Å². The average Bonchev–Trinajstić information content (AvgIpc) is 2.42. The second-order valence-electron chi connectivity index (χ2n) is 3.83. The van der Waals surface area contributed by atoms with Gasteiger partial charge >= 0.3 is 5.69 Å². The van der Waals surface area contributed by atoms with Crippen molar-refractivity contribution < 1.29 is 22.8 Å². The molecule has 112 valence electrons. The Balaban J connectivity index is 2.95. The van der Waals surface area contributed by atoms with E-state index in [1.807, 2.05) is 0 Å². The number of benzene rings is 1. The Kier molecular flexibility index (Phi) is 5.86. The van der Waals surface area contributed by atoms with Gasteiger partial charge in [-0.25, -0.2) is 13.1 Å². The molecule has 0 saturated heterocycles. The third-order valence-electron chi connectivity index (χ3n) is 2.47. The predicted octanol–water partition coefficient (Wildman–Crippen LogP) is 0.918. The summed E-state index contributed by atoms with van der Waals surface area (Å²) in [5.41, 5.74) is -0.396. The molecule has 0 bridgehead atoms. The summed E-state index contributed by atoms with van der Waals surface area (Å²) in [7, 11) is -0.995. The van der Waals surface area contributed by atoms with E-state index in [4.69, 9.17) is 9.47 Å². The zero-order chi connectivity index (χ0) is 15.2. The first-order valence-corrected chi connectivity index (χ1v) is 7.21. The Bertz CT molecular complexity index is 572. The Morgan fingerprint density at radius 3 is 2.60 bits per heavy atom. The van der Waals surface area contributed by atoms with E-state index < -0.39 is 20.6 Å². The third-order valence-corrected chi connectivity index (χ3v) is 3.93. The number of rotatable bonds is 8. The van der Waals surface area contributed by atoms with Crippen molar-refractivity contribution in [2.45, 2.75) is 11.3 Å². The lowest BCUT2D eigenvalue weighted by atomic mass is 10.3. The van der Waals surface area contributed by atoms with Gasteiger partial charge in [-0.05, 0) is 18.6 Å². The number of nitrogens with one attached hydrogen (secondary N) is 1. The van der Waals surface area contributed by atoms with Crippen molar-refractivity contribution in [3.05, 3.63) is 28.3 Å². The largest absolute Gasteiger partial charge is 0.490 e. The summed E-state index contributed by atoms with van der Waals surface area (Å²) in [6, 6.07) is 3.48. The molecule has 0 aliphatic heterocycles. The molecule has 0 aliphatic rings. The van der Waals surface area contributed by atoms with Crippen molar-refractivity contribution in [1.82, 2.24) is 4.72 Å². The lowest BCUT2D eigenvalue weighted by Gasteiger charge is -2.08. The summed E-state index contributed by atoms with van der Waals surface area (Å²) < 4.78 is 35.9. The summed E-state index contributed by atoms with van der Waals surface area (Å²) in [4.78, 5) is 9.98. The maximum absolute atomic E-state index is 12.0. The smallest absolute Gasteiger partial charge is 0.312 e. The molecule has 9 heteroatoms. The zero-order valence-corrected chi connectivity index (χ0v) is 12.0. The number of ether oxygens (including phenoxy) is 2. The first kappa shape index (κ1) is 16.3. The van der Waals surface area contributed by atoms with Gasteiger partial charge in [-0.2, -0.15) is 0 Å². The molecule has 8 nitrogen and oxygen atoms in total. The van der Waals surface area contributed by atoms with Gasteiger partial charge in [0.15, 0.2) is 5.75 Å². The molecule has 0 aromatic heterocycles. The van der Waals surface area contributed by atoms with Gasteiger partial charge in [-0.15, -0.1) is 0 Å². The monoisotopic (exact) mass is 304 g/mol. The summed E-state index contributed by atoms with van der Waals surface area (Å²) in [5, 5.41) is 10.9. The normalized spacial score (nSPS) is 11.3. The molecule has 0 aliphatic carbocycles. The minimum Gasteiger partial charge on any atom is -0.490 e. The number of methoxy groups -OCH3 is 2. The van der Waals surface area contributed by atoms with Crippen LogP contribution in [0, 0.1) is 10.1 Å². The van der Waals surface area contributed by atoms with Gasteiger partial charge in [0.05, 0.1) is 16.9 Å². The van der Waals surface area contributed by atoms with E-state index in [0.29, 0.717) is 13.0 Å². The molecule has 0 unspecified atom stereocenters. The van der Waals surface area contributed by atoms with Gasteiger partial charge < -0.3 is 9.47 Å². The number of nitrogens with zero attached hydrogens (tertiary/aromatic N) is 1. The molecule has 1 aromatic rings. The van der Waals surface area contributed by atoms with E-state index in [9.17, 15) is 18.5 Å². The molecule has 20 heavy (non-hydrogen) atoms. The Morgan fingerprint density at radius 1 is 1.35 bits per heavy atom. The van der Waals surface area contributed by atoms with Gasteiger partial charge in [-0.3, -0.25) is 10.1 Å². The van der Waals surface area contributed by atoms with E-state index in [2.05, 4.69) is 4.72 Å². The molecular formula is C11H16N2O6S. The number of nitro benzene ring substituents is 1. The summed E-state index contributed by atoms with van der Waals surface area (Å²) >= 11 is 0. The minimum absolute atomic E-state index is 0.00772. The maximum Gasteiger partial charge on any atom is 0.312 e. The van der Waals surface area contributed by atoms with Crippen LogP contribution in [0.15, 0.2) is 23.1 Å². The number of sulfonamides is 1. The van der Waals surface area contributed by atoms with Crippen molar-refractivity contribution in [3.8, 4) is 5.75 Å². The zero-order valence-electron chi connectivity index (χ0n) is 11.2. The predicted molar refractivity (Wildman–Crippen MR) is 71.3 cm³/mol. The Labute approximate surface area is 116 Å². The molecule has 1 N–H and O–H groups in total. The molecular weight excluding hydrogens is 288 g/mol. The molecule has 1 rings (SSSR count). The van der Waals surface area contributed by atoms with Crippen LogP contribution in [0.1, 0.15) is 6.42 Å². The van der Waals surface area contributed by atoms with Crippen LogP contribution in [-0.2, 0) is 14.8 Å². The SMILES string of the molecule is COCCCNS(=O)(=O)c1ccc(OC)c([N+](=O)[O-])c1. The Hall–Kier alpha value is -1.71. The third kappa shape index (κ3) is 4.15. The van der Waals surface area contributed by atoms with Crippen LogP contribution in [0.3, 0.4) is 0 Å². The van der Waals surface area contributed by atoms with Crippen LogP contribution < -0.4 is 9.46 Å². The van der Waals surface area contributed by atoms with Gasteiger partial charge in [0.25, 0.3) is 0 Å². The van der Waals surface area contributed by atoms with Crippen molar-refractivity contribution in [3.63, 3.8) is 0 Å². The van der Waals surface area contributed by atoms with Gasteiger partial charge in [0.1, 0.15) is 0 Å². The van der Waals surface area contributed by atoms with E-state index >= 15 is 0 Å². The van der Waals surface area contributed by atoms with Crippen LogP contribution in [0.4, 0.5) is 5.69 Å². The quantitative estimate of drug-likeness (QED) is 0.434. The average molecular weight is 304 g/mol. The fourth-order valence-electron chi connectivity index (χ4n) is 1.49. The number of nitro groups is 1. The van der Waals surface area contributed by atoms with Crippen molar-refractivity contribution in [1.29, 1.82) is 0 Å². The molecule has 0 saturated carbocycles. The molecule has 0 heterocycles. The number of hydrogen-bond acceptors (Lipinski definition) is 6. The van der Waals surface area contributed by atoms with Crippen LogP contribution in [-0.4, -0.2) is 40.7 Å². The van der Waals surface area contributed by atoms with Crippen LogP contribution in [0.5, 0.6) is 5.75 Å². The highest BCUT2D eigenvalue weighted by atomic mass is 32.2. The first-order valence-electron chi connectivity index (χ1n) is 5.73. The van der Waals surface area contributed by atoms with Gasteiger partial charge in [-0.1, -0.05) is 0 Å². The summed E-state index contributed by atoms with van der Waals surface area (Å²) in [5.74, 6) is 0.00772. The fourth-order valence-corrected chi connectivity index (χ4v) is 2.58. The molecule has 0 atom stereocenters. The molecule has 0 spiro atoms. The van der Waals surface area contributed by atoms with Crippen LogP contribution in [0.2, 0.25) is 0 Å². The second-order valence-corrected chi connectivity index (χ2v) is 5.60. The first-order chi connectivity index (χ1) is 9.42. The standard InChI is InChI=1S/C11H16N2O6S/c1-18-7-3-6-12-20(16,17)9-4-5-11(19-2)10(8-9)13(14)15/h4-5,8,12H,3,6-7H2,1-2H3. The topological polar surface area (TPSA) is 108 Å². The molecule has 0 amide bonds. The van der Waals surface area contributed by atoms with Gasteiger partial charge in [0, 0.05) is 26.3 Å². The van der Waals surface area contributed by atoms with Crippen LogP contribution >= 0.6 is 0 Å². The van der Waals surface area contributed by atoms with E-state index in [0.717, 1.165) is 6.07 Å². The number of hydrogen-bond donors (Lipinski definition) is 1. The summed E-state index contributed by atoms with van der Waals surface area (Å²) in [6.07, 6.45) is 0.508. The van der Waals surface area contributed by atoms with E-state index in [1.54, 1.807) is 0 Å². The highest BCUT2D eigenvalue weighted by Crippen LogP contribution is 2.29. The summed E-state index contributed by atoms with van der Waals surface area (Å²) in [6.45, 7) is 0.612.